The zero-order valence-electron chi connectivity index (χ0n) is 15.1. The Morgan fingerprint density at radius 3 is 2.77 bits per heavy atom. The van der Waals surface area contributed by atoms with Gasteiger partial charge in [0.25, 0.3) is 0 Å². The number of ether oxygens (including phenoxy) is 1. The summed E-state index contributed by atoms with van der Waals surface area (Å²) >= 11 is 0. The molecule has 2 aromatic rings. The Bertz CT molecular complexity index is 773. The van der Waals surface area contributed by atoms with Gasteiger partial charge in [0.1, 0.15) is 0 Å². The van der Waals surface area contributed by atoms with E-state index in [1.807, 2.05) is 18.5 Å². The van der Waals surface area contributed by atoms with Crippen molar-refractivity contribution in [2.24, 2.45) is 4.99 Å². The van der Waals surface area contributed by atoms with Crippen molar-refractivity contribution in [1.29, 1.82) is 0 Å². The molecule has 1 aromatic carbocycles. The third-order valence-electron chi connectivity index (χ3n) is 4.93. The number of pyridine rings is 1. The van der Waals surface area contributed by atoms with Crippen LogP contribution in [0.25, 0.3) is 6.08 Å². The molecule has 0 atom stereocenters. The second kappa shape index (κ2) is 8.28. The minimum Gasteiger partial charge on any atom is -0.380 e. The lowest BCUT2D eigenvalue weighted by molar-refractivity contribution is 0.152. The summed E-state index contributed by atoms with van der Waals surface area (Å²) in [7, 11) is 0. The maximum Gasteiger partial charge on any atom is 0.0694 e. The molecule has 0 radical (unpaired) electrons. The van der Waals surface area contributed by atoms with Crippen LogP contribution < -0.4 is 4.90 Å². The van der Waals surface area contributed by atoms with Crippen LogP contribution in [0.15, 0.2) is 59.4 Å². The van der Waals surface area contributed by atoms with Crippen LogP contribution in [-0.4, -0.2) is 43.5 Å². The summed E-state index contributed by atoms with van der Waals surface area (Å²) in [6, 6.07) is 12.9. The Balaban J connectivity index is 1.55. The number of hydrogen-bond donors (Lipinski definition) is 0. The van der Waals surface area contributed by atoms with Crippen molar-refractivity contribution in [1.82, 2.24) is 4.98 Å². The minimum atomic E-state index is 0.816. The molecule has 4 heteroatoms. The van der Waals surface area contributed by atoms with Crippen LogP contribution in [0.1, 0.15) is 30.4 Å². The number of aromatic nitrogens is 1. The van der Waals surface area contributed by atoms with Gasteiger partial charge in [-0.15, -0.1) is 0 Å². The maximum atomic E-state index is 5.55. The number of nitrogens with zero attached hydrogens (tertiary/aromatic N) is 3. The molecule has 0 unspecified atom stereocenters. The molecule has 2 aliphatic rings. The van der Waals surface area contributed by atoms with Crippen LogP contribution in [0.4, 0.5) is 5.69 Å². The molecule has 0 spiro atoms. The van der Waals surface area contributed by atoms with Gasteiger partial charge in [-0.1, -0.05) is 12.1 Å². The second-order valence-corrected chi connectivity index (χ2v) is 6.79. The van der Waals surface area contributed by atoms with E-state index in [4.69, 9.17) is 9.73 Å². The molecule has 1 fully saturated rings. The van der Waals surface area contributed by atoms with Crippen molar-refractivity contribution >= 4 is 17.5 Å². The standard InChI is InChI=1S/C22H25N3O/c1-5-20(17-23-10-1)22-19(4-2-11-24-22)16-18-6-8-21(9-7-18)25-12-3-14-26-15-13-25/h1,5-10,16-17H,2-4,11-15H2/b19-16+. The number of allylic oxidation sites excluding steroid dienone is 1. The van der Waals surface area contributed by atoms with E-state index in [0.717, 1.165) is 63.4 Å². The van der Waals surface area contributed by atoms with E-state index >= 15 is 0 Å². The fourth-order valence-corrected chi connectivity index (χ4v) is 3.59. The molecule has 0 aliphatic carbocycles. The number of hydrogen-bond acceptors (Lipinski definition) is 4. The molecule has 26 heavy (non-hydrogen) atoms. The average molecular weight is 347 g/mol. The summed E-state index contributed by atoms with van der Waals surface area (Å²) in [6.07, 6.45) is 9.27. The van der Waals surface area contributed by atoms with Crippen molar-refractivity contribution < 1.29 is 4.74 Å². The maximum absolute atomic E-state index is 5.55. The molecule has 3 heterocycles. The lowest BCUT2D eigenvalue weighted by Gasteiger charge is -2.22. The van der Waals surface area contributed by atoms with Crippen LogP contribution in [-0.2, 0) is 4.74 Å². The number of aliphatic imine (C=N–C) groups is 1. The minimum absolute atomic E-state index is 0.816. The molecule has 134 valence electrons. The summed E-state index contributed by atoms with van der Waals surface area (Å²) in [5, 5.41) is 0. The number of rotatable bonds is 3. The summed E-state index contributed by atoms with van der Waals surface area (Å²) < 4.78 is 5.55. The molecular formula is C22H25N3O. The van der Waals surface area contributed by atoms with Gasteiger partial charge in [0.15, 0.2) is 0 Å². The van der Waals surface area contributed by atoms with Gasteiger partial charge in [-0.25, -0.2) is 0 Å². The first-order valence-corrected chi connectivity index (χ1v) is 9.49. The number of anilines is 1. The van der Waals surface area contributed by atoms with Gasteiger partial charge >= 0.3 is 0 Å². The highest BCUT2D eigenvalue weighted by Crippen LogP contribution is 2.23. The van der Waals surface area contributed by atoms with E-state index in [9.17, 15) is 0 Å². The summed E-state index contributed by atoms with van der Waals surface area (Å²) in [6.45, 7) is 4.63. The molecule has 0 N–H and O–H groups in total. The van der Waals surface area contributed by atoms with Crippen molar-refractivity contribution in [3.8, 4) is 0 Å². The van der Waals surface area contributed by atoms with Crippen LogP contribution >= 0.6 is 0 Å². The third-order valence-corrected chi connectivity index (χ3v) is 4.93. The summed E-state index contributed by atoms with van der Waals surface area (Å²) in [5.41, 5.74) is 6.02. The van der Waals surface area contributed by atoms with Crippen molar-refractivity contribution in [3.63, 3.8) is 0 Å². The highest BCUT2D eigenvalue weighted by Gasteiger charge is 2.14. The van der Waals surface area contributed by atoms with E-state index in [1.165, 1.54) is 16.8 Å². The van der Waals surface area contributed by atoms with E-state index in [1.54, 1.807) is 0 Å². The lowest BCUT2D eigenvalue weighted by atomic mass is 9.95. The van der Waals surface area contributed by atoms with E-state index in [2.05, 4.69) is 46.3 Å². The SMILES string of the molecule is C(=C1/CCCN=C1c1cccnc1)/c1ccc(N2CCCOCC2)cc1. The Kier molecular flexibility index (Phi) is 5.41. The summed E-state index contributed by atoms with van der Waals surface area (Å²) in [4.78, 5) is 11.4. The molecular weight excluding hydrogens is 322 g/mol. The highest BCUT2D eigenvalue weighted by atomic mass is 16.5. The fraction of sp³-hybridized carbons (Fsp3) is 0.364. The van der Waals surface area contributed by atoms with Crippen molar-refractivity contribution in [2.45, 2.75) is 19.3 Å². The predicted molar refractivity (Wildman–Crippen MR) is 107 cm³/mol. The molecule has 0 bridgehead atoms. The average Bonchev–Trinajstić information content (AvgIpc) is 2.99. The molecule has 2 aliphatic heterocycles. The predicted octanol–water partition coefficient (Wildman–Crippen LogP) is 3.97. The van der Waals surface area contributed by atoms with Gasteiger partial charge in [-0.3, -0.25) is 9.98 Å². The zero-order chi connectivity index (χ0) is 17.6. The van der Waals surface area contributed by atoms with Crippen LogP contribution in [0.3, 0.4) is 0 Å². The smallest absolute Gasteiger partial charge is 0.0694 e. The van der Waals surface area contributed by atoms with Gasteiger partial charge in [-0.2, -0.15) is 0 Å². The Morgan fingerprint density at radius 2 is 1.92 bits per heavy atom. The Morgan fingerprint density at radius 1 is 1.00 bits per heavy atom. The monoisotopic (exact) mass is 347 g/mol. The van der Waals surface area contributed by atoms with E-state index in [0.29, 0.717) is 0 Å². The van der Waals surface area contributed by atoms with E-state index < -0.39 is 0 Å². The normalized spacial score (nSPS) is 19.9. The van der Waals surface area contributed by atoms with Crippen molar-refractivity contribution in [3.05, 3.63) is 65.5 Å². The number of benzene rings is 1. The van der Waals surface area contributed by atoms with Crippen LogP contribution in [0.2, 0.25) is 0 Å². The zero-order valence-corrected chi connectivity index (χ0v) is 15.1. The van der Waals surface area contributed by atoms with Gasteiger partial charge < -0.3 is 9.64 Å². The Labute approximate surface area is 155 Å². The van der Waals surface area contributed by atoms with Crippen molar-refractivity contribution in [2.75, 3.05) is 37.7 Å². The molecule has 0 amide bonds. The fourth-order valence-electron chi connectivity index (χ4n) is 3.59. The first-order chi connectivity index (χ1) is 12.9. The summed E-state index contributed by atoms with van der Waals surface area (Å²) in [5.74, 6) is 0. The Hall–Kier alpha value is -2.46. The van der Waals surface area contributed by atoms with Gasteiger partial charge in [-0.05, 0) is 60.7 Å². The largest absolute Gasteiger partial charge is 0.380 e. The van der Waals surface area contributed by atoms with Gasteiger partial charge in [0.05, 0.1) is 12.3 Å². The lowest BCUT2D eigenvalue weighted by Crippen LogP contribution is -2.25. The van der Waals surface area contributed by atoms with Gasteiger partial charge in [0, 0.05) is 49.9 Å². The topological polar surface area (TPSA) is 37.7 Å². The molecule has 1 aromatic heterocycles. The second-order valence-electron chi connectivity index (χ2n) is 6.79. The molecule has 4 nitrogen and oxygen atoms in total. The first kappa shape index (κ1) is 17.0. The van der Waals surface area contributed by atoms with Crippen LogP contribution in [0.5, 0.6) is 0 Å². The highest BCUT2D eigenvalue weighted by molar-refractivity contribution is 6.15. The quantitative estimate of drug-likeness (QED) is 0.843. The van der Waals surface area contributed by atoms with E-state index in [-0.39, 0.29) is 0 Å². The molecule has 0 saturated carbocycles. The third kappa shape index (κ3) is 4.02. The molecule has 1 saturated heterocycles. The first-order valence-electron chi connectivity index (χ1n) is 9.49. The molecule has 4 rings (SSSR count). The van der Waals surface area contributed by atoms with Crippen LogP contribution in [0, 0.1) is 0 Å². The van der Waals surface area contributed by atoms with Gasteiger partial charge in [0.2, 0.25) is 0 Å².